The molecular formula is C18H11Cl5. The first-order valence-electron chi connectivity index (χ1n) is 6.97. The molecule has 0 saturated heterocycles. The second-order valence-corrected chi connectivity index (χ2v) is 7.24. The van der Waals surface area contributed by atoms with Gasteiger partial charge in [0.15, 0.2) is 0 Å². The quantitative estimate of drug-likeness (QED) is 0.474. The zero-order chi connectivity index (χ0) is 16.6. The summed E-state index contributed by atoms with van der Waals surface area (Å²) in [6.45, 7) is 0. The zero-order valence-electron chi connectivity index (χ0n) is 11.8. The minimum atomic E-state index is 0.502. The van der Waals surface area contributed by atoms with E-state index >= 15 is 0 Å². The van der Waals surface area contributed by atoms with Crippen molar-refractivity contribution in [2.75, 3.05) is 0 Å². The van der Waals surface area contributed by atoms with Crippen LogP contribution < -0.4 is 0 Å². The highest BCUT2D eigenvalue weighted by atomic mass is 35.5. The highest BCUT2D eigenvalue weighted by Gasteiger charge is 2.19. The summed E-state index contributed by atoms with van der Waals surface area (Å²) in [5, 5.41) is 2.95. The molecule has 2 aromatic rings. The number of allylic oxidation sites excluding steroid dienone is 4. The van der Waals surface area contributed by atoms with Crippen molar-refractivity contribution in [2.45, 2.75) is 12.8 Å². The molecule has 0 spiro atoms. The molecular weight excluding hydrogens is 393 g/mol. The van der Waals surface area contributed by atoms with Gasteiger partial charge in [-0.1, -0.05) is 70.1 Å². The first kappa shape index (κ1) is 17.2. The maximum Gasteiger partial charge on any atom is 0.0598 e. The molecule has 23 heavy (non-hydrogen) atoms. The van der Waals surface area contributed by atoms with Crippen LogP contribution in [0.1, 0.15) is 24.0 Å². The van der Waals surface area contributed by atoms with Gasteiger partial charge in [0.1, 0.15) is 0 Å². The average molecular weight is 405 g/mol. The Morgan fingerprint density at radius 3 is 2.22 bits per heavy atom. The van der Waals surface area contributed by atoms with Gasteiger partial charge in [-0.15, -0.1) is 0 Å². The molecule has 0 unspecified atom stereocenters. The number of halogens is 5. The van der Waals surface area contributed by atoms with E-state index in [-0.39, 0.29) is 0 Å². The molecule has 3 rings (SSSR count). The number of hydrogen-bond donors (Lipinski definition) is 0. The van der Waals surface area contributed by atoms with E-state index in [0.29, 0.717) is 25.1 Å². The van der Waals surface area contributed by atoms with E-state index in [9.17, 15) is 0 Å². The summed E-state index contributed by atoms with van der Waals surface area (Å²) in [5.74, 6) is 0. The molecule has 2 aromatic carbocycles. The molecule has 0 atom stereocenters. The van der Waals surface area contributed by atoms with Crippen molar-refractivity contribution in [3.63, 3.8) is 0 Å². The topological polar surface area (TPSA) is 0 Å². The summed E-state index contributed by atoms with van der Waals surface area (Å²) >= 11 is 31.2. The van der Waals surface area contributed by atoms with E-state index < -0.39 is 0 Å². The normalized spacial score (nSPS) is 14.9. The lowest BCUT2D eigenvalue weighted by atomic mass is 9.90. The van der Waals surface area contributed by atoms with Crippen LogP contribution in [0.5, 0.6) is 0 Å². The van der Waals surface area contributed by atoms with E-state index in [1.165, 1.54) is 0 Å². The first-order chi connectivity index (χ1) is 11.0. The van der Waals surface area contributed by atoms with Crippen molar-refractivity contribution in [2.24, 2.45) is 0 Å². The Bertz CT molecular complexity index is 833. The minimum absolute atomic E-state index is 0.502. The third kappa shape index (κ3) is 3.57. The highest BCUT2D eigenvalue weighted by molar-refractivity contribution is 6.43. The molecule has 1 aliphatic rings. The van der Waals surface area contributed by atoms with Crippen LogP contribution in [0.3, 0.4) is 0 Å². The monoisotopic (exact) mass is 402 g/mol. The van der Waals surface area contributed by atoms with Crippen molar-refractivity contribution in [1.29, 1.82) is 0 Å². The third-order valence-electron chi connectivity index (χ3n) is 3.73. The summed E-state index contributed by atoms with van der Waals surface area (Å²) in [6, 6.07) is 10.9. The van der Waals surface area contributed by atoms with Crippen molar-refractivity contribution in [1.82, 2.24) is 0 Å². The van der Waals surface area contributed by atoms with Gasteiger partial charge in [-0.3, -0.25) is 0 Å². The van der Waals surface area contributed by atoms with Gasteiger partial charge in [0.25, 0.3) is 0 Å². The van der Waals surface area contributed by atoms with Crippen LogP contribution in [0.2, 0.25) is 20.1 Å². The third-order valence-corrected chi connectivity index (χ3v) is 5.46. The molecule has 0 radical (unpaired) electrons. The first-order valence-corrected chi connectivity index (χ1v) is 8.86. The second-order valence-electron chi connectivity index (χ2n) is 5.20. The van der Waals surface area contributed by atoms with Gasteiger partial charge in [0.2, 0.25) is 0 Å². The zero-order valence-corrected chi connectivity index (χ0v) is 15.6. The molecule has 0 fully saturated rings. The average Bonchev–Trinajstić information content (AvgIpc) is 2.53. The predicted octanol–water partition coefficient (Wildman–Crippen LogP) is 8.13. The number of benzene rings is 2. The molecule has 1 aliphatic carbocycles. The van der Waals surface area contributed by atoms with Crippen LogP contribution in [0.4, 0.5) is 0 Å². The molecule has 5 heteroatoms. The smallest absolute Gasteiger partial charge is 0.0598 e. The predicted molar refractivity (Wildman–Crippen MR) is 103 cm³/mol. The van der Waals surface area contributed by atoms with Gasteiger partial charge < -0.3 is 0 Å². The largest absolute Gasteiger partial charge is 0.0843 e. The lowest BCUT2D eigenvalue weighted by Crippen LogP contribution is -1.98. The van der Waals surface area contributed by atoms with Gasteiger partial charge in [0, 0.05) is 10.0 Å². The molecule has 0 bridgehead atoms. The van der Waals surface area contributed by atoms with E-state index in [1.807, 2.05) is 18.2 Å². The van der Waals surface area contributed by atoms with Crippen LogP contribution in [-0.4, -0.2) is 0 Å². The van der Waals surface area contributed by atoms with Crippen LogP contribution in [0.25, 0.3) is 11.1 Å². The molecule has 0 nitrogen and oxygen atoms in total. The van der Waals surface area contributed by atoms with Gasteiger partial charge in [-0.25, -0.2) is 0 Å². The standard InChI is InChI=1S/C18H11Cl5/c19-11-5-7-15(20)14(9-11)13-3-1-2-12(18(13)23)10-4-6-16(21)17(22)8-10/h2,4-9H,1,3H2. The van der Waals surface area contributed by atoms with Gasteiger partial charge in [-0.2, -0.15) is 0 Å². The summed E-state index contributed by atoms with van der Waals surface area (Å²) in [5.41, 5.74) is 3.72. The van der Waals surface area contributed by atoms with Crippen LogP contribution >= 0.6 is 58.0 Å². The maximum absolute atomic E-state index is 6.67. The molecule has 0 N–H and O–H groups in total. The molecule has 0 heterocycles. The second kappa shape index (κ2) is 7.09. The summed E-state index contributed by atoms with van der Waals surface area (Å²) in [4.78, 5) is 0. The van der Waals surface area contributed by atoms with Gasteiger partial charge in [-0.05, 0) is 65.4 Å². The summed E-state index contributed by atoms with van der Waals surface area (Å²) in [7, 11) is 0. The van der Waals surface area contributed by atoms with Crippen LogP contribution in [0, 0.1) is 0 Å². The molecule has 0 aliphatic heterocycles. The Morgan fingerprint density at radius 1 is 0.739 bits per heavy atom. The SMILES string of the molecule is ClC1=C(c2cc(Cl)ccc2Cl)CCC=C1c1ccc(Cl)c(Cl)c1. The van der Waals surface area contributed by atoms with E-state index in [2.05, 4.69) is 6.08 Å². The Balaban J connectivity index is 2.10. The van der Waals surface area contributed by atoms with Gasteiger partial charge in [0.05, 0.1) is 15.1 Å². The van der Waals surface area contributed by atoms with Crippen molar-refractivity contribution in [3.05, 3.63) is 78.7 Å². The molecule has 0 amide bonds. The van der Waals surface area contributed by atoms with E-state index in [4.69, 9.17) is 58.0 Å². The van der Waals surface area contributed by atoms with Crippen LogP contribution in [0.15, 0.2) is 47.5 Å². The van der Waals surface area contributed by atoms with E-state index in [0.717, 1.165) is 35.1 Å². The lowest BCUT2D eigenvalue weighted by Gasteiger charge is -2.20. The fourth-order valence-electron chi connectivity index (χ4n) is 2.61. The summed E-state index contributed by atoms with van der Waals surface area (Å²) in [6.07, 6.45) is 3.78. The molecule has 0 saturated carbocycles. The maximum atomic E-state index is 6.67. The fourth-order valence-corrected chi connectivity index (χ4v) is 3.70. The van der Waals surface area contributed by atoms with Crippen LogP contribution in [-0.2, 0) is 0 Å². The summed E-state index contributed by atoms with van der Waals surface area (Å²) < 4.78 is 0. The minimum Gasteiger partial charge on any atom is -0.0843 e. The molecule has 0 aromatic heterocycles. The number of hydrogen-bond acceptors (Lipinski definition) is 0. The highest BCUT2D eigenvalue weighted by Crippen LogP contribution is 2.42. The van der Waals surface area contributed by atoms with Crippen molar-refractivity contribution < 1.29 is 0 Å². The Labute approximate surface area is 160 Å². The number of rotatable bonds is 2. The van der Waals surface area contributed by atoms with Gasteiger partial charge >= 0.3 is 0 Å². The Kier molecular flexibility index (Phi) is 5.30. The van der Waals surface area contributed by atoms with E-state index in [1.54, 1.807) is 18.2 Å². The Hall–Kier alpha value is -0.630. The Morgan fingerprint density at radius 2 is 1.48 bits per heavy atom. The molecule has 118 valence electrons. The van der Waals surface area contributed by atoms with Crippen molar-refractivity contribution >= 4 is 69.2 Å². The lowest BCUT2D eigenvalue weighted by molar-refractivity contribution is 1.05. The fraction of sp³-hybridized carbons (Fsp3) is 0.111. The van der Waals surface area contributed by atoms with Crippen molar-refractivity contribution in [3.8, 4) is 0 Å².